The van der Waals surface area contributed by atoms with Gasteiger partial charge >= 0.3 is 0 Å². The van der Waals surface area contributed by atoms with Crippen molar-refractivity contribution >= 4 is 43.6 Å². The summed E-state index contributed by atoms with van der Waals surface area (Å²) in [4.78, 5) is 0. The van der Waals surface area contributed by atoms with E-state index < -0.39 is 0 Å². The first-order valence-corrected chi connectivity index (χ1v) is 27.5. The maximum Gasteiger partial charge on any atom is 0.0541 e. The fraction of sp³-hybridized carbons (Fsp3) is 0. The van der Waals surface area contributed by atoms with Crippen molar-refractivity contribution in [1.29, 1.82) is 0 Å². The Bertz CT molecular complexity index is 4770. The highest BCUT2D eigenvalue weighted by Crippen LogP contribution is 2.40. The van der Waals surface area contributed by atoms with Crippen LogP contribution in [-0.4, -0.2) is 9.13 Å². The summed E-state index contributed by atoms with van der Waals surface area (Å²) in [7, 11) is 0. The predicted octanol–water partition coefficient (Wildman–Crippen LogP) is 21.2. The second-order valence-corrected chi connectivity index (χ2v) is 20.9. The smallest absolute Gasteiger partial charge is 0.0541 e. The number of nitrogens with zero attached hydrogens (tertiary/aromatic N) is 2. The molecule has 0 bridgehead atoms. The van der Waals surface area contributed by atoms with E-state index in [1.807, 2.05) is 0 Å². The number of hydrogen-bond donors (Lipinski definition) is 0. The molecule has 0 aliphatic heterocycles. The van der Waals surface area contributed by atoms with E-state index in [0.717, 1.165) is 5.69 Å². The van der Waals surface area contributed by atoms with E-state index in [4.69, 9.17) is 0 Å². The van der Waals surface area contributed by atoms with Crippen LogP contribution in [0.1, 0.15) is 0 Å². The lowest BCUT2D eigenvalue weighted by molar-refractivity contribution is 1.18. The molecule has 0 aliphatic carbocycles. The quantitative estimate of drug-likeness (QED) is 0.129. The Morgan fingerprint density at radius 3 is 0.925 bits per heavy atom. The molecule has 0 atom stereocenters. The Morgan fingerprint density at radius 2 is 0.438 bits per heavy atom. The molecule has 2 nitrogen and oxygen atoms in total. The van der Waals surface area contributed by atoms with E-state index in [-0.39, 0.29) is 0 Å². The minimum Gasteiger partial charge on any atom is -0.309 e. The SMILES string of the molecule is c1ccc(-c2ccccc2-c2ccc(-c3cccc(-c4cccc(-c5ccc(-c6ccc(-c7cccc(-n8c9ccccc9c9cc(-c%10ccc%11c(c%10)c%10ccccc%10n%11-c%10ccccc%10)ccc98)c7)cc6)cc5)c4)c3)cc2)cc1. The van der Waals surface area contributed by atoms with Crippen LogP contribution >= 0.6 is 0 Å². The molecular formula is C78H52N2. The first-order chi connectivity index (χ1) is 39.6. The molecule has 0 radical (unpaired) electrons. The van der Waals surface area contributed by atoms with Crippen LogP contribution in [-0.2, 0) is 0 Å². The zero-order valence-corrected chi connectivity index (χ0v) is 43.9. The summed E-state index contributed by atoms with van der Waals surface area (Å²) in [5.41, 5.74) is 26.4. The molecule has 15 aromatic rings. The summed E-state index contributed by atoms with van der Waals surface area (Å²) in [6, 6.07) is 115. The molecule has 80 heavy (non-hydrogen) atoms. The lowest BCUT2D eigenvalue weighted by Gasteiger charge is -2.12. The first-order valence-electron chi connectivity index (χ1n) is 27.5. The second kappa shape index (κ2) is 19.8. The molecule has 2 heteroatoms. The van der Waals surface area contributed by atoms with Gasteiger partial charge in [0.2, 0.25) is 0 Å². The van der Waals surface area contributed by atoms with Gasteiger partial charge in [0.15, 0.2) is 0 Å². The van der Waals surface area contributed by atoms with E-state index in [1.54, 1.807) is 0 Å². The third-order valence-electron chi connectivity index (χ3n) is 16.2. The largest absolute Gasteiger partial charge is 0.309 e. The molecule has 0 saturated carbocycles. The van der Waals surface area contributed by atoms with Gasteiger partial charge in [-0.15, -0.1) is 0 Å². The van der Waals surface area contributed by atoms with Gasteiger partial charge in [-0.1, -0.05) is 243 Å². The highest BCUT2D eigenvalue weighted by molar-refractivity contribution is 6.13. The first kappa shape index (κ1) is 46.7. The molecule has 0 saturated heterocycles. The Kier molecular flexibility index (Phi) is 11.6. The van der Waals surface area contributed by atoms with Gasteiger partial charge in [-0.25, -0.2) is 0 Å². The average Bonchev–Trinajstić information content (AvgIpc) is 4.25. The van der Waals surface area contributed by atoms with Gasteiger partial charge in [0.1, 0.15) is 0 Å². The van der Waals surface area contributed by atoms with Crippen LogP contribution in [0.25, 0.3) is 144 Å². The van der Waals surface area contributed by atoms with Crippen molar-refractivity contribution in [2.24, 2.45) is 0 Å². The topological polar surface area (TPSA) is 9.86 Å². The van der Waals surface area contributed by atoms with E-state index in [0.29, 0.717) is 0 Å². The lowest BCUT2D eigenvalue weighted by Crippen LogP contribution is -1.94. The number of rotatable bonds is 10. The van der Waals surface area contributed by atoms with Crippen LogP contribution in [0.4, 0.5) is 0 Å². The fourth-order valence-corrected chi connectivity index (χ4v) is 12.2. The van der Waals surface area contributed by atoms with Crippen molar-refractivity contribution in [3.63, 3.8) is 0 Å². The average molecular weight is 1020 g/mol. The van der Waals surface area contributed by atoms with Crippen molar-refractivity contribution in [2.45, 2.75) is 0 Å². The molecule has 15 rings (SSSR count). The molecule has 0 aliphatic rings. The minimum absolute atomic E-state index is 1.14. The lowest BCUT2D eigenvalue weighted by atomic mass is 9.92. The van der Waals surface area contributed by atoms with Crippen LogP contribution in [0.5, 0.6) is 0 Å². The van der Waals surface area contributed by atoms with Crippen LogP contribution in [0, 0.1) is 0 Å². The maximum atomic E-state index is 2.42. The summed E-state index contributed by atoms with van der Waals surface area (Å²) in [5, 5.41) is 4.99. The Morgan fingerprint density at radius 1 is 0.150 bits per heavy atom. The van der Waals surface area contributed by atoms with Crippen molar-refractivity contribution in [2.75, 3.05) is 0 Å². The zero-order valence-electron chi connectivity index (χ0n) is 43.9. The fourth-order valence-electron chi connectivity index (χ4n) is 12.2. The number of aromatic nitrogens is 2. The van der Waals surface area contributed by atoms with Gasteiger partial charge in [-0.3, -0.25) is 0 Å². The molecule has 0 fully saturated rings. The van der Waals surface area contributed by atoms with Crippen molar-refractivity contribution in [3.05, 3.63) is 315 Å². The summed E-state index contributed by atoms with van der Waals surface area (Å²) >= 11 is 0. The van der Waals surface area contributed by atoms with E-state index in [2.05, 4.69) is 325 Å². The van der Waals surface area contributed by atoms with Gasteiger partial charge in [0, 0.05) is 32.9 Å². The molecule has 0 N–H and O–H groups in total. The highest BCUT2D eigenvalue weighted by atomic mass is 15.0. The predicted molar refractivity (Wildman–Crippen MR) is 339 cm³/mol. The van der Waals surface area contributed by atoms with Gasteiger partial charge in [0.25, 0.3) is 0 Å². The summed E-state index contributed by atoms with van der Waals surface area (Å²) < 4.78 is 4.80. The van der Waals surface area contributed by atoms with Crippen LogP contribution in [0.3, 0.4) is 0 Å². The van der Waals surface area contributed by atoms with Gasteiger partial charge in [0.05, 0.1) is 22.1 Å². The summed E-state index contributed by atoms with van der Waals surface area (Å²) in [5.74, 6) is 0. The molecule has 374 valence electrons. The van der Waals surface area contributed by atoms with Gasteiger partial charge in [-0.05, 0) is 162 Å². The number of para-hydroxylation sites is 3. The molecular weight excluding hydrogens is 965 g/mol. The minimum atomic E-state index is 1.14. The van der Waals surface area contributed by atoms with Crippen LogP contribution in [0.2, 0.25) is 0 Å². The molecule has 2 aromatic heterocycles. The third kappa shape index (κ3) is 8.39. The van der Waals surface area contributed by atoms with Crippen molar-refractivity contribution < 1.29 is 0 Å². The second-order valence-electron chi connectivity index (χ2n) is 20.9. The summed E-state index contributed by atoms with van der Waals surface area (Å²) in [6.07, 6.45) is 0. The van der Waals surface area contributed by atoms with E-state index in [9.17, 15) is 0 Å². The van der Waals surface area contributed by atoms with Crippen molar-refractivity contribution in [3.8, 4) is 100 Å². The molecule has 2 heterocycles. The molecule has 0 spiro atoms. The molecule has 0 amide bonds. The number of benzene rings is 13. The molecule has 13 aromatic carbocycles. The van der Waals surface area contributed by atoms with E-state index in [1.165, 1.54) is 138 Å². The number of hydrogen-bond acceptors (Lipinski definition) is 0. The summed E-state index contributed by atoms with van der Waals surface area (Å²) in [6.45, 7) is 0. The monoisotopic (exact) mass is 1020 g/mol. The normalized spacial score (nSPS) is 11.5. The van der Waals surface area contributed by atoms with Crippen LogP contribution < -0.4 is 0 Å². The highest BCUT2D eigenvalue weighted by Gasteiger charge is 2.17. The Balaban J connectivity index is 0.671. The van der Waals surface area contributed by atoms with E-state index >= 15 is 0 Å². The standard InChI is InChI=1S/C78H52N2/c1-3-16-58(17-4-1)69-26-7-8-27-70(69)59-42-40-56(41-43-59)61-19-14-21-63(49-61)62-20-13-18-60(48-62)55-36-32-53(33-37-55)54-34-38-57(39-35-54)64-22-15-25-68(50-64)80-76-31-12-10-29-72(76)74-52-66(45-47-78(74)80)65-44-46-77-73(51-65)71-28-9-11-30-75(71)79(77)67-23-5-2-6-24-67/h1-52H. The maximum absolute atomic E-state index is 2.42. The van der Waals surface area contributed by atoms with Crippen LogP contribution in [0.15, 0.2) is 315 Å². The Hall–Kier alpha value is -10.5. The number of fused-ring (bicyclic) bond motifs is 6. The van der Waals surface area contributed by atoms with Gasteiger partial charge < -0.3 is 9.13 Å². The third-order valence-corrected chi connectivity index (χ3v) is 16.2. The Labute approximate surface area is 466 Å². The van der Waals surface area contributed by atoms with Crippen molar-refractivity contribution in [1.82, 2.24) is 9.13 Å². The van der Waals surface area contributed by atoms with Gasteiger partial charge in [-0.2, -0.15) is 0 Å². The molecule has 0 unspecified atom stereocenters. The zero-order chi connectivity index (χ0) is 52.9.